The predicted molar refractivity (Wildman–Crippen MR) is 143 cm³/mol. The van der Waals surface area contributed by atoms with Crippen LogP contribution in [0.5, 0.6) is 11.5 Å². The Hall–Kier alpha value is -3.56. The van der Waals surface area contributed by atoms with E-state index in [2.05, 4.69) is 5.32 Å². The molecule has 0 bridgehead atoms. The van der Waals surface area contributed by atoms with Crippen LogP contribution in [0.4, 0.5) is 13.2 Å². The average Bonchev–Trinajstić information content (AvgIpc) is 3.26. The number of alkyl halides is 3. The Morgan fingerprint density at radius 2 is 1.79 bits per heavy atom. The monoisotopic (exact) mass is 543 g/mol. The number of carbonyl (C=O) groups is 1. The van der Waals surface area contributed by atoms with Crippen molar-refractivity contribution in [3.05, 3.63) is 82.2 Å². The molecule has 0 saturated heterocycles. The van der Waals surface area contributed by atoms with Crippen molar-refractivity contribution < 1.29 is 32.2 Å². The Balaban J connectivity index is 1.58. The minimum Gasteiger partial charge on any atom is -0.497 e. The number of ether oxygens (including phenoxy) is 3. The first-order chi connectivity index (χ1) is 18.1. The Kier molecular flexibility index (Phi) is 8.28. The van der Waals surface area contributed by atoms with Crippen LogP contribution >= 0.6 is 11.3 Å². The molecule has 1 N–H and O–H groups in total. The number of benzene rings is 3. The highest BCUT2D eigenvalue weighted by atomic mass is 32.1. The van der Waals surface area contributed by atoms with Crippen molar-refractivity contribution in [2.24, 2.45) is 0 Å². The van der Waals surface area contributed by atoms with Gasteiger partial charge in [-0.1, -0.05) is 30.3 Å². The molecule has 1 heterocycles. The standard InChI is InChI=1S/C29H28F3NO4S/c1-17-24-9-6-10-25(27(24)38-26(17)28(34)36-4)20-13-21(29(30,31)32)16-23(15-20)37-12-11-33-18(2)19-7-5-8-22(14-19)35-3/h5-10,13-16,18,33H,11-12H2,1-4H3. The molecule has 9 heteroatoms. The van der Waals surface area contributed by atoms with E-state index in [1.807, 2.05) is 37.3 Å². The molecule has 0 fully saturated rings. The van der Waals surface area contributed by atoms with Gasteiger partial charge in [0.1, 0.15) is 23.0 Å². The lowest BCUT2D eigenvalue weighted by Crippen LogP contribution is -2.24. The van der Waals surface area contributed by atoms with E-state index in [9.17, 15) is 18.0 Å². The summed E-state index contributed by atoms with van der Waals surface area (Å²) in [5, 5.41) is 4.11. The van der Waals surface area contributed by atoms with Crippen molar-refractivity contribution in [2.45, 2.75) is 26.1 Å². The number of halogens is 3. The summed E-state index contributed by atoms with van der Waals surface area (Å²) in [6.45, 7) is 4.38. The summed E-state index contributed by atoms with van der Waals surface area (Å²) < 4.78 is 58.0. The number of rotatable bonds is 9. The van der Waals surface area contributed by atoms with Gasteiger partial charge in [0.2, 0.25) is 0 Å². The molecular weight excluding hydrogens is 515 g/mol. The molecule has 200 valence electrons. The number of fused-ring (bicyclic) bond motifs is 1. The topological polar surface area (TPSA) is 56.8 Å². The summed E-state index contributed by atoms with van der Waals surface area (Å²) in [7, 11) is 2.91. The molecule has 38 heavy (non-hydrogen) atoms. The fraction of sp³-hybridized carbons (Fsp3) is 0.276. The van der Waals surface area contributed by atoms with Crippen LogP contribution in [0.25, 0.3) is 21.2 Å². The van der Waals surface area contributed by atoms with E-state index < -0.39 is 17.7 Å². The number of aryl methyl sites for hydroxylation is 1. The molecule has 0 aliphatic heterocycles. The van der Waals surface area contributed by atoms with Crippen LogP contribution in [0.3, 0.4) is 0 Å². The second-order valence-corrected chi connectivity index (χ2v) is 9.80. The third-order valence-electron chi connectivity index (χ3n) is 6.29. The van der Waals surface area contributed by atoms with Crippen LogP contribution in [0.15, 0.2) is 60.7 Å². The average molecular weight is 544 g/mol. The molecule has 4 aromatic rings. The molecule has 0 saturated carbocycles. The van der Waals surface area contributed by atoms with Crippen LogP contribution in [0.2, 0.25) is 0 Å². The normalized spacial score (nSPS) is 12.4. The van der Waals surface area contributed by atoms with Crippen LogP contribution in [-0.2, 0) is 10.9 Å². The van der Waals surface area contributed by atoms with Gasteiger partial charge in [-0.25, -0.2) is 4.79 Å². The van der Waals surface area contributed by atoms with Crippen LogP contribution < -0.4 is 14.8 Å². The fourth-order valence-corrected chi connectivity index (χ4v) is 5.49. The van der Waals surface area contributed by atoms with Gasteiger partial charge in [0.05, 0.1) is 19.8 Å². The van der Waals surface area contributed by atoms with Crippen molar-refractivity contribution in [1.82, 2.24) is 5.32 Å². The quantitative estimate of drug-likeness (QED) is 0.176. The van der Waals surface area contributed by atoms with Gasteiger partial charge >= 0.3 is 12.1 Å². The Bertz CT molecular complexity index is 1450. The minimum atomic E-state index is -4.55. The van der Waals surface area contributed by atoms with E-state index in [1.165, 1.54) is 18.4 Å². The summed E-state index contributed by atoms with van der Waals surface area (Å²) in [6, 6.07) is 16.7. The number of esters is 1. The van der Waals surface area contributed by atoms with E-state index >= 15 is 0 Å². The first-order valence-electron chi connectivity index (χ1n) is 12.0. The van der Waals surface area contributed by atoms with Gasteiger partial charge in [-0.05, 0) is 71.8 Å². The summed E-state index contributed by atoms with van der Waals surface area (Å²) in [6.07, 6.45) is -4.55. The molecule has 1 atom stereocenters. The van der Waals surface area contributed by atoms with E-state index in [0.717, 1.165) is 34.4 Å². The number of hydrogen-bond acceptors (Lipinski definition) is 6. The second kappa shape index (κ2) is 11.4. The maximum absolute atomic E-state index is 13.8. The number of carbonyl (C=O) groups excluding carboxylic acids is 1. The molecule has 0 aliphatic carbocycles. The minimum absolute atomic E-state index is 0.00514. The van der Waals surface area contributed by atoms with Gasteiger partial charge in [-0.2, -0.15) is 13.2 Å². The van der Waals surface area contributed by atoms with Gasteiger partial charge in [0.15, 0.2) is 0 Å². The third-order valence-corrected chi connectivity index (χ3v) is 7.62. The maximum Gasteiger partial charge on any atom is 0.416 e. The molecule has 0 radical (unpaired) electrons. The molecule has 1 unspecified atom stereocenters. The smallest absolute Gasteiger partial charge is 0.416 e. The highest BCUT2D eigenvalue weighted by Gasteiger charge is 2.32. The fourth-order valence-electron chi connectivity index (χ4n) is 4.23. The molecule has 1 aromatic heterocycles. The van der Waals surface area contributed by atoms with Crippen molar-refractivity contribution >= 4 is 27.4 Å². The Labute approximate surface area is 223 Å². The summed E-state index contributed by atoms with van der Waals surface area (Å²) >= 11 is 1.21. The largest absolute Gasteiger partial charge is 0.497 e. The summed E-state index contributed by atoms with van der Waals surface area (Å²) in [5.41, 5.74) is 1.90. The highest BCUT2D eigenvalue weighted by Crippen LogP contribution is 2.41. The SMILES string of the molecule is COC(=O)c1sc2c(-c3cc(OCCNC(C)c4cccc(OC)c4)cc(C(F)(F)F)c3)cccc2c1C. The van der Waals surface area contributed by atoms with Crippen molar-refractivity contribution in [2.75, 3.05) is 27.4 Å². The van der Waals surface area contributed by atoms with Crippen molar-refractivity contribution in [3.8, 4) is 22.6 Å². The zero-order valence-electron chi connectivity index (χ0n) is 21.4. The van der Waals surface area contributed by atoms with Crippen molar-refractivity contribution in [1.29, 1.82) is 0 Å². The summed E-state index contributed by atoms with van der Waals surface area (Å²) in [5.74, 6) is 0.390. The third kappa shape index (κ3) is 5.95. The molecule has 0 spiro atoms. The zero-order chi connectivity index (χ0) is 27.4. The lowest BCUT2D eigenvalue weighted by molar-refractivity contribution is -0.137. The van der Waals surface area contributed by atoms with E-state index in [-0.39, 0.29) is 18.4 Å². The molecule has 0 aliphatic rings. The molecule has 3 aromatic carbocycles. The van der Waals surface area contributed by atoms with Gasteiger partial charge in [-0.15, -0.1) is 11.3 Å². The van der Waals surface area contributed by atoms with Crippen LogP contribution in [0, 0.1) is 6.92 Å². The van der Waals surface area contributed by atoms with Gasteiger partial charge in [-0.3, -0.25) is 0 Å². The summed E-state index contributed by atoms with van der Waals surface area (Å²) in [4.78, 5) is 12.6. The van der Waals surface area contributed by atoms with Crippen LogP contribution in [-0.4, -0.2) is 33.3 Å². The Morgan fingerprint density at radius 3 is 2.50 bits per heavy atom. The van der Waals surface area contributed by atoms with Crippen LogP contribution in [0.1, 0.15) is 39.3 Å². The van der Waals surface area contributed by atoms with E-state index in [0.29, 0.717) is 27.2 Å². The molecular formula is C29H28F3NO4S. The van der Waals surface area contributed by atoms with E-state index in [4.69, 9.17) is 14.2 Å². The van der Waals surface area contributed by atoms with E-state index in [1.54, 1.807) is 32.2 Å². The van der Waals surface area contributed by atoms with Gasteiger partial charge < -0.3 is 19.5 Å². The van der Waals surface area contributed by atoms with Gasteiger partial charge in [0, 0.05) is 17.3 Å². The molecule has 4 rings (SSSR count). The molecule has 0 amide bonds. The number of hydrogen-bond donors (Lipinski definition) is 1. The lowest BCUT2D eigenvalue weighted by Gasteiger charge is -2.17. The first-order valence-corrected chi connectivity index (χ1v) is 12.8. The lowest BCUT2D eigenvalue weighted by atomic mass is 10.00. The predicted octanol–water partition coefficient (Wildman–Crippen LogP) is 7.42. The number of methoxy groups -OCH3 is 2. The first kappa shape index (κ1) is 27.5. The van der Waals surface area contributed by atoms with Gasteiger partial charge in [0.25, 0.3) is 0 Å². The highest BCUT2D eigenvalue weighted by molar-refractivity contribution is 7.21. The number of nitrogens with one attached hydrogen (secondary N) is 1. The maximum atomic E-state index is 13.8. The molecule has 5 nitrogen and oxygen atoms in total. The van der Waals surface area contributed by atoms with Crippen molar-refractivity contribution in [3.63, 3.8) is 0 Å². The Morgan fingerprint density at radius 1 is 1.03 bits per heavy atom. The number of thiophene rings is 1. The zero-order valence-corrected chi connectivity index (χ0v) is 22.3. The second-order valence-electron chi connectivity index (χ2n) is 8.77.